The summed E-state index contributed by atoms with van der Waals surface area (Å²) < 4.78 is 4.78. The molecule has 1 saturated heterocycles. The molecular weight excluding hydrogens is 244 g/mol. The standard InChI is InChI=1S/C14H26N2O3/c1-4-12(5-2)15-13(17)10-16-8-6-7-11(9-16)14(18)19-3/h11-12H,4-10H2,1-3H3,(H,15,17)/t11-/m0/s1. The van der Waals surface area contributed by atoms with Gasteiger partial charge in [0.25, 0.3) is 0 Å². The molecule has 1 heterocycles. The molecule has 0 radical (unpaired) electrons. The molecule has 1 rings (SSSR count). The number of ether oxygens (including phenoxy) is 1. The summed E-state index contributed by atoms with van der Waals surface area (Å²) in [5.74, 6) is -0.191. The molecule has 0 saturated carbocycles. The number of carbonyl (C=O) groups excluding carboxylic acids is 2. The fraction of sp³-hybridized carbons (Fsp3) is 0.857. The van der Waals surface area contributed by atoms with Gasteiger partial charge in [-0.05, 0) is 32.2 Å². The van der Waals surface area contributed by atoms with Crippen molar-refractivity contribution in [3.8, 4) is 0 Å². The van der Waals surface area contributed by atoms with Crippen molar-refractivity contribution < 1.29 is 14.3 Å². The SMILES string of the molecule is CCC(CC)NC(=O)CN1CCC[C@H](C(=O)OC)C1. The fourth-order valence-corrected chi connectivity index (χ4v) is 2.53. The van der Waals surface area contributed by atoms with E-state index < -0.39 is 0 Å². The van der Waals surface area contributed by atoms with Crippen molar-refractivity contribution in [2.24, 2.45) is 5.92 Å². The molecule has 5 heteroatoms. The Morgan fingerprint density at radius 1 is 1.37 bits per heavy atom. The van der Waals surface area contributed by atoms with Crippen LogP contribution in [0.1, 0.15) is 39.5 Å². The Labute approximate surface area is 115 Å². The summed E-state index contributed by atoms with van der Waals surface area (Å²) in [6.07, 6.45) is 3.70. The third kappa shape index (κ3) is 5.19. The average molecular weight is 270 g/mol. The molecule has 0 aromatic carbocycles. The van der Waals surface area contributed by atoms with E-state index in [4.69, 9.17) is 4.74 Å². The number of nitrogens with zero attached hydrogens (tertiary/aromatic N) is 1. The molecule has 0 aliphatic carbocycles. The summed E-state index contributed by atoms with van der Waals surface area (Å²) in [7, 11) is 1.42. The molecule has 1 atom stereocenters. The Bertz CT molecular complexity index is 303. The molecule has 5 nitrogen and oxygen atoms in total. The molecule has 0 aromatic rings. The lowest BCUT2D eigenvalue weighted by Crippen LogP contribution is -2.46. The quantitative estimate of drug-likeness (QED) is 0.736. The first-order chi connectivity index (χ1) is 9.10. The minimum Gasteiger partial charge on any atom is -0.469 e. The van der Waals surface area contributed by atoms with Crippen LogP contribution in [0.4, 0.5) is 0 Å². The van der Waals surface area contributed by atoms with Crippen molar-refractivity contribution in [1.82, 2.24) is 10.2 Å². The highest BCUT2D eigenvalue weighted by atomic mass is 16.5. The van der Waals surface area contributed by atoms with E-state index in [1.165, 1.54) is 7.11 Å². The number of hydrogen-bond donors (Lipinski definition) is 1. The average Bonchev–Trinajstić information content (AvgIpc) is 2.44. The van der Waals surface area contributed by atoms with Gasteiger partial charge >= 0.3 is 5.97 Å². The second kappa shape index (κ2) is 8.15. The van der Waals surface area contributed by atoms with E-state index in [9.17, 15) is 9.59 Å². The lowest BCUT2D eigenvalue weighted by atomic mass is 9.98. The minimum absolute atomic E-state index is 0.0548. The van der Waals surface area contributed by atoms with Crippen LogP contribution >= 0.6 is 0 Å². The van der Waals surface area contributed by atoms with E-state index in [-0.39, 0.29) is 23.8 Å². The minimum atomic E-state index is -0.162. The van der Waals surface area contributed by atoms with Crippen molar-refractivity contribution in [3.05, 3.63) is 0 Å². The molecule has 1 fully saturated rings. The number of esters is 1. The van der Waals surface area contributed by atoms with E-state index in [1.54, 1.807) is 0 Å². The van der Waals surface area contributed by atoms with E-state index in [0.29, 0.717) is 13.1 Å². The number of rotatable bonds is 6. The van der Waals surface area contributed by atoms with Gasteiger partial charge in [0, 0.05) is 12.6 Å². The van der Waals surface area contributed by atoms with Gasteiger partial charge < -0.3 is 10.1 Å². The smallest absolute Gasteiger partial charge is 0.309 e. The summed E-state index contributed by atoms with van der Waals surface area (Å²) in [5, 5.41) is 3.02. The van der Waals surface area contributed by atoms with Crippen LogP contribution in [0.15, 0.2) is 0 Å². The maximum absolute atomic E-state index is 11.9. The van der Waals surface area contributed by atoms with Crippen molar-refractivity contribution in [2.45, 2.75) is 45.6 Å². The molecular formula is C14H26N2O3. The van der Waals surface area contributed by atoms with Crippen LogP contribution in [0, 0.1) is 5.92 Å². The second-order valence-electron chi connectivity index (χ2n) is 5.18. The van der Waals surface area contributed by atoms with Gasteiger partial charge in [0.2, 0.25) is 5.91 Å². The van der Waals surface area contributed by atoms with Gasteiger partial charge in [0.1, 0.15) is 0 Å². The van der Waals surface area contributed by atoms with Gasteiger partial charge in [-0.25, -0.2) is 0 Å². The van der Waals surface area contributed by atoms with Gasteiger partial charge in [0.15, 0.2) is 0 Å². The number of carbonyl (C=O) groups is 2. The van der Waals surface area contributed by atoms with Gasteiger partial charge in [-0.2, -0.15) is 0 Å². The largest absolute Gasteiger partial charge is 0.469 e. The lowest BCUT2D eigenvalue weighted by molar-refractivity contribution is -0.147. The van der Waals surface area contributed by atoms with Crippen LogP contribution in [0.2, 0.25) is 0 Å². The summed E-state index contributed by atoms with van der Waals surface area (Å²) in [6, 6.07) is 0.258. The second-order valence-corrected chi connectivity index (χ2v) is 5.18. The van der Waals surface area contributed by atoms with Crippen LogP contribution < -0.4 is 5.32 Å². The highest BCUT2D eigenvalue weighted by Gasteiger charge is 2.27. The molecule has 0 aromatic heterocycles. The maximum atomic E-state index is 11.9. The first-order valence-electron chi connectivity index (χ1n) is 7.20. The molecule has 0 spiro atoms. The molecule has 1 amide bonds. The van der Waals surface area contributed by atoms with Crippen molar-refractivity contribution in [1.29, 1.82) is 0 Å². The van der Waals surface area contributed by atoms with Crippen LogP contribution in [0.25, 0.3) is 0 Å². The zero-order chi connectivity index (χ0) is 14.3. The molecule has 1 aliphatic heterocycles. The molecule has 0 unspecified atom stereocenters. The Morgan fingerprint density at radius 3 is 2.63 bits per heavy atom. The van der Waals surface area contributed by atoms with Crippen molar-refractivity contribution >= 4 is 11.9 Å². The van der Waals surface area contributed by atoms with E-state index in [1.807, 2.05) is 4.90 Å². The molecule has 1 N–H and O–H groups in total. The van der Waals surface area contributed by atoms with Gasteiger partial charge in [0.05, 0.1) is 19.6 Å². The Balaban J connectivity index is 2.39. The van der Waals surface area contributed by atoms with Gasteiger partial charge in [-0.3, -0.25) is 14.5 Å². The highest BCUT2D eigenvalue weighted by Crippen LogP contribution is 2.17. The first-order valence-corrected chi connectivity index (χ1v) is 7.20. The van der Waals surface area contributed by atoms with E-state index in [2.05, 4.69) is 19.2 Å². The number of piperidine rings is 1. The topological polar surface area (TPSA) is 58.6 Å². The number of amides is 1. The third-order valence-electron chi connectivity index (χ3n) is 3.76. The summed E-state index contributed by atoms with van der Waals surface area (Å²) in [4.78, 5) is 25.5. The van der Waals surface area contributed by atoms with Crippen LogP contribution in [0.5, 0.6) is 0 Å². The number of methoxy groups -OCH3 is 1. The zero-order valence-corrected chi connectivity index (χ0v) is 12.3. The molecule has 1 aliphatic rings. The Kier molecular flexibility index (Phi) is 6.84. The number of hydrogen-bond acceptors (Lipinski definition) is 4. The van der Waals surface area contributed by atoms with Crippen LogP contribution in [0.3, 0.4) is 0 Å². The monoisotopic (exact) mass is 270 g/mol. The predicted molar refractivity (Wildman–Crippen MR) is 73.7 cm³/mol. The first kappa shape index (κ1) is 16.0. The number of likely N-dealkylation sites (tertiary alicyclic amines) is 1. The Hall–Kier alpha value is -1.10. The highest BCUT2D eigenvalue weighted by molar-refractivity contribution is 5.78. The third-order valence-corrected chi connectivity index (χ3v) is 3.76. The predicted octanol–water partition coefficient (Wildman–Crippen LogP) is 1.18. The fourth-order valence-electron chi connectivity index (χ4n) is 2.53. The normalized spacial score (nSPS) is 20.3. The van der Waals surface area contributed by atoms with Crippen LogP contribution in [-0.4, -0.2) is 49.6 Å². The summed E-state index contributed by atoms with van der Waals surface area (Å²) in [6.45, 7) is 6.03. The van der Waals surface area contributed by atoms with E-state index in [0.717, 1.165) is 32.2 Å². The zero-order valence-electron chi connectivity index (χ0n) is 12.3. The van der Waals surface area contributed by atoms with Gasteiger partial charge in [-0.15, -0.1) is 0 Å². The van der Waals surface area contributed by atoms with E-state index >= 15 is 0 Å². The molecule has 110 valence electrons. The lowest BCUT2D eigenvalue weighted by Gasteiger charge is -2.31. The van der Waals surface area contributed by atoms with Crippen molar-refractivity contribution in [3.63, 3.8) is 0 Å². The Morgan fingerprint density at radius 2 is 2.05 bits per heavy atom. The van der Waals surface area contributed by atoms with Crippen LogP contribution in [-0.2, 0) is 14.3 Å². The number of nitrogens with one attached hydrogen (secondary N) is 1. The maximum Gasteiger partial charge on any atom is 0.309 e. The summed E-state index contributed by atoms with van der Waals surface area (Å²) in [5.41, 5.74) is 0. The summed E-state index contributed by atoms with van der Waals surface area (Å²) >= 11 is 0. The van der Waals surface area contributed by atoms with Crippen molar-refractivity contribution in [2.75, 3.05) is 26.7 Å². The van der Waals surface area contributed by atoms with Gasteiger partial charge in [-0.1, -0.05) is 13.8 Å². The molecule has 0 bridgehead atoms. The molecule has 19 heavy (non-hydrogen) atoms.